The van der Waals surface area contributed by atoms with Crippen LogP contribution in [0.3, 0.4) is 0 Å². The van der Waals surface area contributed by atoms with E-state index in [1.807, 2.05) is 0 Å². The summed E-state index contributed by atoms with van der Waals surface area (Å²) in [6.07, 6.45) is 15.3. The summed E-state index contributed by atoms with van der Waals surface area (Å²) >= 11 is 0. The third-order valence-electron chi connectivity index (χ3n) is 8.37. The highest BCUT2D eigenvalue weighted by Gasteiger charge is 2.29. The summed E-state index contributed by atoms with van der Waals surface area (Å²) in [6.45, 7) is 2.19. The lowest BCUT2D eigenvalue weighted by Crippen LogP contribution is -2.30. The Morgan fingerprint density at radius 2 is 1.38 bits per heavy atom. The smallest absolute Gasteiger partial charge is 0.201 e. The molecule has 0 spiro atoms. The van der Waals surface area contributed by atoms with Crippen LogP contribution in [-0.4, -0.2) is 0 Å². The van der Waals surface area contributed by atoms with Crippen molar-refractivity contribution >= 4 is 0 Å². The van der Waals surface area contributed by atoms with E-state index in [0.29, 0.717) is 0 Å². The number of aromatic nitrogens is 1. The van der Waals surface area contributed by atoms with E-state index in [0.717, 1.165) is 17.8 Å². The molecular formula is C31H38N+. The lowest BCUT2D eigenvalue weighted by atomic mass is 9.70. The Morgan fingerprint density at radius 3 is 2.09 bits per heavy atom. The van der Waals surface area contributed by atoms with Gasteiger partial charge in [0.1, 0.15) is 7.05 Å². The van der Waals surface area contributed by atoms with Gasteiger partial charge in [-0.3, -0.25) is 0 Å². The molecule has 0 atom stereocenters. The molecule has 32 heavy (non-hydrogen) atoms. The third kappa shape index (κ3) is 4.53. The first-order chi connectivity index (χ1) is 15.7. The maximum Gasteiger partial charge on any atom is 0.213 e. The van der Waals surface area contributed by atoms with E-state index in [1.54, 1.807) is 5.56 Å². The van der Waals surface area contributed by atoms with Gasteiger partial charge < -0.3 is 0 Å². The van der Waals surface area contributed by atoms with E-state index >= 15 is 0 Å². The first kappa shape index (κ1) is 21.4. The molecule has 2 fully saturated rings. The molecule has 0 aliphatic heterocycles. The van der Waals surface area contributed by atoms with Crippen LogP contribution in [0, 0.1) is 18.8 Å². The van der Waals surface area contributed by atoms with Crippen LogP contribution in [0.15, 0.2) is 66.9 Å². The quantitative estimate of drug-likeness (QED) is 0.373. The summed E-state index contributed by atoms with van der Waals surface area (Å²) in [7, 11) is 2.14. The second-order valence-electron chi connectivity index (χ2n) is 10.4. The Bertz CT molecular complexity index is 1030. The van der Waals surface area contributed by atoms with Crippen molar-refractivity contribution in [3.05, 3.63) is 78.0 Å². The Kier molecular flexibility index (Phi) is 6.44. The molecule has 0 saturated heterocycles. The van der Waals surface area contributed by atoms with Crippen molar-refractivity contribution in [3.63, 3.8) is 0 Å². The molecule has 0 N–H and O–H groups in total. The molecular weight excluding hydrogens is 386 g/mol. The van der Waals surface area contributed by atoms with E-state index < -0.39 is 0 Å². The van der Waals surface area contributed by atoms with Crippen LogP contribution in [0.25, 0.3) is 22.4 Å². The van der Waals surface area contributed by atoms with E-state index in [2.05, 4.69) is 85.4 Å². The SMILES string of the molecule is Cc1ccccc1-c1cc(-c2ccc(C3CCC(C4CCCCC4)CC3)cc2)cc[n+]1C. The maximum atomic E-state index is 2.40. The van der Waals surface area contributed by atoms with Crippen LogP contribution < -0.4 is 4.57 Å². The zero-order valence-corrected chi connectivity index (χ0v) is 19.9. The summed E-state index contributed by atoms with van der Waals surface area (Å²) in [5.74, 6) is 2.81. The molecule has 1 nitrogen and oxygen atoms in total. The largest absolute Gasteiger partial charge is 0.213 e. The minimum absolute atomic E-state index is 0.764. The van der Waals surface area contributed by atoms with Crippen LogP contribution in [0.4, 0.5) is 0 Å². The third-order valence-corrected chi connectivity index (χ3v) is 8.37. The highest BCUT2D eigenvalue weighted by atomic mass is 14.9. The van der Waals surface area contributed by atoms with Crippen molar-refractivity contribution in [1.29, 1.82) is 0 Å². The van der Waals surface area contributed by atoms with Gasteiger partial charge in [-0.1, -0.05) is 74.6 Å². The van der Waals surface area contributed by atoms with Gasteiger partial charge in [-0.25, -0.2) is 4.57 Å². The lowest BCUT2D eigenvalue weighted by molar-refractivity contribution is -0.660. The van der Waals surface area contributed by atoms with Gasteiger partial charge in [0, 0.05) is 17.7 Å². The van der Waals surface area contributed by atoms with Crippen LogP contribution >= 0.6 is 0 Å². The van der Waals surface area contributed by atoms with Crippen LogP contribution in [0.2, 0.25) is 0 Å². The fourth-order valence-electron chi connectivity index (χ4n) is 6.35. The summed E-state index contributed by atoms with van der Waals surface area (Å²) in [6, 6.07) is 22.7. The Hall–Kier alpha value is -2.41. The average Bonchev–Trinajstić information content (AvgIpc) is 2.86. The Balaban J connectivity index is 1.29. The van der Waals surface area contributed by atoms with E-state index in [-0.39, 0.29) is 0 Å². The van der Waals surface area contributed by atoms with Crippen molar-refractivity contribution in [2.24, 2.45) is 18.9 Å². The van der Waals surface area contributed by atoms with Crippen molar-refractivity contribution in [1.82, 2.24) is 0 Å². The number of rotatable bonds is 4. The molecule has 0 radical (unpaired) electrons. The number of pyridine rings is 1. The van der Waals surface area contributed by atoms with Gasteiger partial charge in [0.2, 0.25) is 5.69 Å². The minimum Gasteiger partial charge on any atom is -0.201 e. The molecule has 2 aliphatic rings. The van der Waals surface area contributed by atoms with Crippen molar-refractivity contribution < 1.29 is 4.57 Å². The fourth-order valence-corrected chi connectivity index (χ4v) is 6.35. The maximum absolute atomic E-state index is 2.40. The van der Waals surface area contributed by atoms with Gasteiger partial charge in [0.15, 0.2) is 6.20 Å². The molecule has 3 aromatic rings. The summed E-state index contributed by atoms with van der Waals surface area (Å²) in [4.78, 5) is 0. The molecule has 1 aromatic heterocycles. The summed E-state index contributed by atoms with van der Waals surface area (Å²) in [5, 5.41) is 0. The predicted molar refractivity (Wildman–Crippen MR) is 135 cm³/mol. The highest BCUT2D eigenvalue weighted by molar-refractivity contribution is 5.70. The summed E-state index contributed by atoms with van der Waals surface area (Å²) in [5.41, 5.74) is 8.07. The average molecular weight is 425 g/mol. The number of hydrogen-bond acceptors (Lipinski definition) is 0. The predicted octanol–water partition coefficient (Wildman–Crippen LogP) is 8.01. The van der Waals surface area contributed by atoms with E-state index in [4.69, 9.17) is 0 Å². The van der Waals surface area contributed by atoms with Crippen LogP contribution in [0.5, 0.6) is 0 Å². The molecule has 0 amide bonds. The highest BCUT2D eigenvalue weighted by Crippen LogP contribution is 2.43. The molecule has 166 valence electrons. The van der Waals surface area contributed by atoms with Crippen molar-refractivity contribution in [3.8, 4) is 22.4 Å². The van der Waals surface area contributed by atoms with Crippen molar-refractivity contribution in [2.75, 3.05) is 0 Å². The zero-order chi connectivity index (χ0) is 21.9. The fraction of sp³-hybridized carbons (Fsp3) is 0.452. The summed E-state index contributed by atoms with van der Waals surface area (Å²) < 4.78 is 2.23. The number of aryl methyl sites for hydroxylation is 2. The number of hydrogen-bond donors (Lipinski definition) is 0. The minimum atomic E-state index is 0.764. The first-order valence-electron chi connectivity index (χ1n) is 12.8. The number of benzene rings is 2. The van der Waals surface area contributed by atoms with Crippen LogP contribution in [-0.2, 0) is 7.05 Å². The van der Waals surface area contributed by atoms with Gasteiger partial charge in [-0.2, -0.15) is 0 Å². The molecule has 5 rings (SSSR count). The molecule has 1 heterocycles. The monoisotopic (exact) mass is 424 g/mol. The van der Waals surface area contributed by atoms with Gasteiger partial charge >= 0.3 is 0 Å². The van der Waals surface area contributed by atoms with E-state index in [1.165, 1.54) is 85.7 Å². The molecule has 2 aromatic carbocycles. The van der Waals surface area contributed by atoms with Crippen molar-refractivity contribution in [2.45, 2.75) is 70.6 Å². The first-order valence-corrected chi connectivity index (χ1v) is 12.8. The van der Waals surface area contributed by atoms with Gasteiger partial charge in [0.05, 0.1) is 0 Å². The topological polar surface area (TPSA) is 3.88 Å². The molecule has 2 aliphatic carbocycles. The zero-order valence-electron chi connectivity index (χ0n) is 19.9. The van der Waals surface area contributed by atoms with Gasteiger partial charge in [0.25, 0.3) is 0 Å². The molecule has 0 unspecified atom stereocenters. The van der Waals surface area contributed by atoms with E-state index in [9.17, 15) is 0 Å². The molecule has 2 saturated carbocycles. The Labute approximate surface area is 194 Å². The second-order valence-corrected chi connectivity index (χ2v) is 10.4. The lowest BCUT2D eigenvalue weighted by Gasteiger charge is -2.36. The normalized spacial score (nSPS) is 22.1. The number of nitrogens with zero attached hydrogens (tertiary/aromatic N) is 1. The Morgan fingerprint density at radius 1 is 0.688 bits per heavy atom. The molecule has 0 bridgehead atoms. The molecule has 1 heteroatoms. The standard InChI is InChI=1S/C31H38N/c1-23-8-6-7-11-30(23)31-22-29(20-21-32(31)2)28-18-16-27(17-19-28)26-14-12-25(13-15-26)24-9-4-3-5-10-24/h6-8,11,16-22,24-26H,3-5,9-10,12-15H2,1-2H3/q+1. The van der Waals surface area contributed by atoms with Crippen LogP contribution in [0.1, 0.15) is 74.8 Å². The van der Waals surface area contributed by atoms with Gasteiger partial charge in [-0.05, 0) is 78.7 Å². The second kappa shape index (κ2) is 9.61. The van der Waals surface area contributed by atoms with Gasteiger partial charge in [-0.15, -0.1) is 0 Å².